The maximum absolute atomic E-state index is 12.8. The number of rotatable bonds is 6. The number of carbonyl (C=O) groups is 1. The van der Waals surface area contributed by atoms with Crippen LogP contribution in [0.2, 0.25) is 0 Å². The van der Waals surface area contributed by atoms with Gasteiger partial charge in [-0.25, -0.2) is 9.37 Å². The van der Waals surface area contributed by atoms with Crippen LogP contribution in [0, 0.1) is 5.82 Å². The van der Waals surface area contributed by atoms with E-state index in [4.69, 9.17) is 0 Å². The second-order valence-corrected chi connectivity index (χ2v) is 6.01. The van der Waals surface area contributed by atoms with E-state index in [-0.39, 0.29) is 17.5 Å². The molecular formula is C17H15FN4OS. The summed E-state index contributed by atoms with van der Waals surface area (Å²) >= 11 is 1.24. The van der Waals surface area contributed by atoms with Crippen molar-refractivity contribution in [2.45, 2.75) is 11.6 Å². The van der Waals surface area contributed by atoms with E-state index in [1.165, 1.54) is 36.0 Å². The van der Waals surface area contributed by atoms with Crippen molar-refractivity contribution in [3.8, 4) is 0 Å². The Morgan fingerprint density at radius 1 is 1.12 bits per heavy atom. The van der Waals surface area contributed by atoms with Crippen LogP contribution in [0.4, 0.5) is 10.1 Å². The van der Waals surface area contributed by atoms with Gasteiger partial charge in [0.2, 0.25) is 11.1 Å². The van der Waals surface area contributed by atoms with E-state index < -0.39 is 0 Å². The minimum atomic E-state index is -0.339. The number of carbonyl (C=O) groups excluding carboxylic acids is 1. The molecule has 1 aromatic heterocycles. The topological polar surface area (TPSA) is 70.7 Å². The molecule has 2 N–H and O–H groups in total. The van der Waals surface area contributed by atoms with Crippen molar-refractivity contribution < 1.29 is 9.18 Å². The lowest BCUT2D eigenvalue weighted by Crippen LogP contribution is -2.14. The third-order valence-electron chi connectivity index (χ3n) is 3.19. The molecule has 24 heavy (non-hydrogen) atoms. The Balaban J connectivity index is 1.50. The average molecular weight is 342 g/mol. The minimum Gasteiger partial charge on any atom is -0.325 e. The van der Waals surface area contributed by atoms with Gasteiger partial charge in [-0.3, -0.25) is 9.89 Å². The highest BCUT2D eigenvalue weighted by atomic mass is 32.2. The van der Waals surface area contributed by atoms with Gasteiger partial charge in [-0.15, -0.1) is 5.10 Å². The Hall–Kier alpha value is -2.67. The number of aromatic amines is 1. The summed E-state index contributed by atoms with van der Waals surface area (Å²) in [6.45, 7) is 0. The number of benzene rings is 2. The molecule has 0 aliphatic carbocycles. The van der Waals surface area contributed by atoms with Crippen molar-refractivity contribution in [1.82, 2.24) is 15.2 Å². The van der Waals surface area contributed by atoms with E-state index in [9.17, 15) is 9.18 Å². The molecule has 0 fully saturated rings. The molecule has 0 aliphatic rings. The summed E-state index contributed by atoms with van der Waals surface area (Å²) in [5.41, 5.74) is 1.70. The summed E-state index contributed by atoms with van der Waals surface area (Å²) in [5.74, 6) is 0.401. The fraction of sp³-hybridized carbons (Fsp3) is 0.118. The van der Waals surface area contributed by atoms with Gasteiger partial charge < -0.3 is 5.32 Å². The Morgan fingerprint density at radius 3 is 2.62 bits per heavy atom. The lowest BCUT2D eigenvalue weighted by atomic mass is 10.1. The zero-order valence-electron chi connectivity index (χ0n) is 12.7. The van der Waals surface area contributed by atoms with Crippen molar-refractivity contribution in [1.29, 1.82) is 0 Å². The monoisotopic (exact) mass is 342 g/mol. The van der Waals surface area contributed by atoms with Crippen LogP contribution in [-0.2, 0) is 11.2 Å². The minimum absolute atomic E-state index is 0.181. The SMILES string of the molecule is O=C(CSc1n[nH]c(Cc2ccccc2)n1)Nc1ccc(F)cc1. The number of H-pyrrole nitrogens is 1. The highest BCUT2D eigenvalue weighted by Crippen LogP contribution is 2.15. The highest BCUT2D eigenvalue weighted by Gasteiger charge is 2.08. The molecular weight excluding hydrogens is 327 g/mol. The van der Waals surface area contributed by atoms with E-state index in [1.54, 1.807) is 0 Å². The molecule has 5 nitrogen and oxygen atoms in total. The van der Waals surface area contributed by atoms with Gasteiger partial charge >= 0.3 is 0 Å². The summed E-state index contributed by atoms with van der Waals surface area (Å²) in [6, 6.07) is 15.6. The number of aromatic nitrogens is 3. The first kappa shape index (κ1) is 16.2. The van der Waals surface area contributed by atoms with Crippen LogP contribution in [0.1, 0.15) is 11.4 Å². The predicted octanol–water partition coefficient (Wildman–Crippen LogP) is 3.27. The Morgan fingerprint density at radius 2 is 1.88 bits per heavy atom. The first-order valence-corrected chi connectivity index (χ1v) is 8.31. The molecule has 1 amide bonds. The van der Waals surface area contributed by atoms with Gasteiger partial charge in [-0.05, 0) is 29.8 Å². The Labute approximate surface area is 142 Å². The maximum atomic E-state index is 12.8. The molecule has 0 atom stereocenters. The van der Waals surface area contributed by atoms with Gasteiger partial charge in [0.05, 0.1) is 5.75 Å². The van der Waals surface area contributed by atoms with Crippen LogP contribution in [0.15, 0.2) is 59.8 Å². The van der Waals surface area contributed by atoms with E-state index in [0.29, 0.717) is 17.3 Å². The molecule has 0 radical (unpaired) electrons. The summed E-state index contributed by atoms with van der Waals surface area (Å²) in [6.07, 6.45) is 0.663. The number of nitrogens with zero attached hydrogens (tertiary/aromatic N) is 2. The summed E-state index contributed by atoms with van der Waals surface area (Å²) in [7, 11) is 0. The molecule has 122 valence electrons. The maximum Gasteiger partial charge on any atom is 0.234 e. The Kier molecular flexibility index (Phi) is 5.22. The molecule has 0 bridgehead atoms. The standard InChI is InChI=1S/C17H15FN4OS/c18-13-6-8-14(9-7-13)19-16(23)11-24-17-20-15(21-22-17)10-12-4-2-1-3-5-12/h1-9H,10-11H2,(H,19,23)(H,20,21,22). The van der Waals surface area contributed by atoms with Crippen LogP contribution in [0.25, 0.3) is 0 Å². The Bertz CT molecular complexity index is 805. The van der Waals surface area contributed by atoms with Crippen molar-refractivity contribution in [2.24, 2.45) is 0 Å². The number of anilines is 1. The molecule has 0 aliphatic heterocycles. The van der Waals surface area contributed by atoms with Gasteiger partial charge in [0.25, 0.3) is 0 Å². The quantitative estimate of drug-likeness (QED) is 0.675. The normalized spacial score (nSPS) is 10.5. The molecule has 7 heteroatoms. The number of thioether (sulfide) groups is 1. The van der Waals surface area contributed by atoms with Crippen LogP contribution >= 0.6 is 11.8 Å². The lowest BCUT2D eigenvalue weighted by Gasteiger charge is -2.03. The lowest BCUT2D eigenvalue weighted by molar-refractivity contribution is -0.113. The van der Waals surface area contributed by atoms with Crippen molar-refractivity contribution in [3.05, 3.63) is 71.8 Å². The highest BCUT2D eigenvalue weighted by molar-refractivity contribution is 7.99. The van der Waals surface area contributed by atoms with Crippen molar-refractivity contribution >= 4 is 23.4 Å². The fourth-order valence-electron chi connectivity index (χ4n) is 2.07. The van der Waals surface area contributed by atoms with E-state index in [0.717, 1.165) is 11.4 Å². The average Bonchev–Trinajstić information content (AvgIpc) is 3.03. The number of amides is 1. The molecule has 0 saturated carbocycles. The van der Waals surface area contributed by atoms with Crippen LogP contribution in [0.3, 0.4) is 0 Å². The second-order valence-electron chi connectivity index (χ2n) is 5.07. The third kappa shape index (κ3) is 4.66. The largest absolute Gasteiger partial charge is 0.325 e. The van der Waals surface area contributed by atoms with Gasteiger partial charge in [0.15, 0.2) is 0 Å². The predicted molar refractivity (Wildman–Crippen MR) is 91.4 cm³/mol. The molecule has 1 heterocycles. The fourth-order valence-corrected chi connectivity index (χ4v) is 2.69. The number of nitrogens with one attached hydrogen (secondary N) is 2. The molecule has 0 saturated heterocycles. The van der Waals surface area contributed by atoms with Crippen LogP contribution < -0.4 is 5.32 Å². The van der Waals surface area contributed by atoms with E-state index in [1.807, 2.05) is 30.3 Å². The second kappa shape index (κ2) is 7.74. The summed E-state index contributed by atoms with van der Waals surface area (Å²) in [5, 5.41) is 10.2. The summed E-state index contributed by atoms with van der Waals surface area (Å²) < 4.78 is 12.8. The molecule has 0 unspecified atom stereocenters. The molecule has 3 aromatic rings. The van der Waals surface area contributed by atoms with Crippen LogP contribution in [-0.4, -0.2) is 26.8 Å². The third-order valence-corrected chi connectivity index (χ3v) is 4.03. The molecule has 0 spiro atoms. The zero-order chi connectivity index (χ0) is 16.8. The van der Waals surface area contributed by atoms with Crippen molar-refractivity contribution in [3.63, 3.8) is 0 Å². The number of hydrogen-bond acceptors (Lipinski definition) is 4. The summed E-state index contributed by atoms with van der Waals surface area (Å²) in [4.78, 5) is 16.2. The molecule has 3 rings (SSSR count). The first-order valence-electron chi connectivity index (χ1n) is 7.32. The first-order chi connectivity index (χ1) is 11.7. The van der Waals surface area contributed by atoms with Gasteiger partial charge in [0.1, 0.15) is 11.6 Å². The smallest absolute Gasteiger partial charge is 0.234 e. The number of hydrogen-bond donors (Lipinski definition) is 2. The van der Waals surface area contributed by atoms with E-state index >= 15 is 0 Å². The van der Waals surface area contributed by atoms with E-state index in [2.05, 4.69) is 20.5 Å². The van der Waals surface area contributed by atoms with Gasteiger partial charge in [-0.2, -0.15) is 0 Å². The van der Waals surface area contributed by atoms with Gasteiger partial charge in [0, 0.05) is 12.1 Å². The zero-order valence-corrected chi connectivity index (χ0v) is 13.5. The van der Waals surface area contributed by atoms with Crippen LogP contribution in [0.5, 0.6) is 0 Å². The van der Waals surface area contributed by atoms with Gasteiger partial charge in [-0.1, -0.05) is 42.1 Å². The van der Waals surface area contributed by atoms with Crippen molar-refractivity contribution in [2.75, 3.05) is 11.1 Å². The molecule has 2 aromatic carbocycles. The number of halogens is 1.